The Morgan fingerprint density at radius 1 is 0.681 bits per heavy atom. The number of aliphatic hydroxyl groups is 1. The van der Waals surface area contributed by atoms with Crippen LogP contribution in [-0.4, -0.2) is 67.7 Å². The van der Waals surface area contributed by atoms with E-state index in [0.717, 1.165) is 62.1 Å². The summed E-state index contributed by atoms with van der Waals surface area (Å²) >= 11 is 0. The Bertz CT molecular complexity index is 1760. The number of likely N-dealkylation sites (tertiary alicyclic amines) is 1. The molecule has 1 aromatic heterocycles. The van der Waals surface area contributed by atoms with Crippen molar-refractivity contribution in [2.45, 2.75) is 37.8 Å². The summed E-state index contributed by atoms with van der Waals surface area (Å²) in [6.07, 6.45) is 5.56. The molecule has 1 N–H and O–H groups in total. The molecular weight excluding hydrogens is 586 g/mol. The number of hydrogen-bond donors (Lipinski definition) is 1. The van der Waals surface area contributed by atoms with Crippen LogP contribution in [0.3, 0.4) is 0 Å². The Balaban J connectivity index is 0.885. The molecule has 0 unspecified atom stereocenters. The van der Waals surface area contributed by atoms with E-state index in [1.54, 1.807) is 30.6 Å². The smallest absolute Gasteiger partial charge is 0.261 e. The molecule has 4 aromatic carbocycles. The van der Waals surface area contributed by atoms with Crippen LogP contribution in [0.25, 0.3) is 0 Å². The molecule has 0 aliphatic carbocycles. The summed E-state index contributed by atoms with van der Waals surface area (Å²) in [6.45, 7) is 4.26. The highest BCUT2D eigenvalue weighted by Gasteiger charge is 2.38. The molecule has 5 aromatic rings. The summed E-state index contributed by atoms with van der Waals surface area (Å²) in [5.74, 6) is 0.497. The van der Waals surface area contributed by atoms with Gasteiger partial charge in [0.05, 0.1) is 11.1 Å². The van der Waals surface area contributed by atoms with E-state index in [1.165, 1.54) is 10.5 Å². The highest BCUT2D eigenvalue weighted by molar-refractivity contribution is 6.21. The highest BCUT2D eigenvalue weighted by atomic mass is 16.3. The van der Waals surface area contributed by atoms with Crippen molar-refractivity contribution in [3.05, 3.63) is 155 Å². The topological polar surface area (TPSA) is 91.6 Å². The highest BCUT2D eigenvalue weighted by Crippen LogP contribution is 2.34. The first kappa shape index (κ1) is 30.7. The molecule has 2 aliphatic rings. The van der Waals surface area contributed by atoms with E-state index < -0.39 is 5.60 Å². The molecule has 0 atom stereocenters. The van der Waals surface area contributed by atoms with Gasteiger partial charge in [-0.05, 0) is 79.1 Å². The number of aromatic nitrogens is 3. The molecule has 1 fully saturated rings. The number of carbonyl (C=O) groups excluding carboxylic acids is 2. The van der Waals surface area contributed by atoms with Crippen molar-refractivity contribution in [3.63, 3.8) is 0 Å². The summed E-state index contributed by atoms with van der Waals surface area (Å²) in [4.78, 5) is 33.8. The lowest BCUT2D eigenvalue weighted by molar-refractivity contribution is 0.0656. The van der Waals surface area contributed by atoms with E-state index in [4.69, 9.17) is 5.10 Å². The van der Waals surface area contributed by atoms with Crippen LogP contribution in [0.1, 0.15) is 61.6 Å². The summed E-state index contributed by atoms with van der Waals surface area (Å²) in [5, 5.41) is 16.8. The second-order valence-electron chi connectivity index (χ2n) is 12.6. The Hall–Kier alpha value is -4.92. The maximum absolute atomic E-state index is 12.6. The van der Waals surface area contributed by atoms with Crippen LogP contribution in [0.2, 0.25) is 0 Å². The first-order valence-corrected chi connectivity index (χ1v) is 16.5. The summed E-state index contributed by atoms with van der Waals surface area (Å²) in [5.41, 5.74) is 3.47. The lowest BCUT2D eigenvalue weighted by atomic mass is 9.86. The number of carbonyl (C=O) groups is 2. The van der Waals surface area contributed by atoms with E-state index in [1.807, 2.05) is 65.3 Å². The zero-order valence-electron chi connectivity index (χ0n) is 26.4. The van der Waals surface area contributed by atoms with Gasteiger partial charge in [-0.3, -0.25) is 19.2 Å². The Labute approximate surface area is 275 Å². The van der Waals surface area contributed by atoms with E-state index >= 15 is 0 Å². The number of rotatable bonds is 11. The van der Waals surface area contributed by atoms with Gasteiger partial charge in [0.1, 0.15) is 6.33 Å². The Morgan fingerprint density at radius 2 is 1.19 bits per heavy atom. The fourth-order valence-electron chi connectivity index (χ4n) is 6.83. The summed E-state index contributed by atoms with van der Waals surface area (Å²) in [7, 11) is 0. The Morgan fingerprint density at radius 3 is 1.74 bits per heavy atom. The van der Waals surface area contributed by atoms with Gasteiger partial charge in [0, 0.05) is 19.6 Å². The first-order chi connectivity index (χ1) is 23.0. The van der Waals surface area contributed by atoms with Crippen molar-refractivity contribution >= 4 is 11.8 Å². The molecule has 2 aliphatic heterocycles. The number of imide groups is 1. The molecule has 8 heteroatoms. The molecule has 0 spiro atoms. The predicted molar refractivity (Wildman–Crippen MR) is 180 cm³/mol. The van der Waals surface area contributed by atoms with Gasteiger partial charge in [0.2, 0.25) is 0 Å². The van der Waals surface area contributed by atoms with E-state index in [-0.39, 0.29) is 11.8 Å². The second kappa shape index (κ2) is 13.4. The van der Waals surface area contributed by atoms with Crippen LogP contribution in [0.5, 0.6) is 0 Å². The maximum Gasteiger partial charge on any atom is 0.261 e. The second-order valence-corrected chi connectivity index (χ2v) is 12.6. The van der Waals surface area contributed by atoms with Crippen molar-refractivity contribution in [2.24, 2.45) is 5.92 Å². The van der Waals surface area contributed by atoms with Crippen LogP contribution in [0.4, 0.5) is 0 Å². The van der Waals surface area contributed by atoms with Gasteiger partial charge in [0.25, 0.3) is 11.8 Å². The monoisotopic (exact) mass is 625 g/mol. The molecule has 0 saturated carbocycles. The van der Waals surface area contributed by atoms with Crippen LogP contribution < -0.4 is 0 Å². The summed E-state index contributed by atoms with van der Waals surface area (Å²) < 4.78 is 1.89. The van der Waals surface area contributed by atoms with Crippen molar-refractivity contribution in [2.75, 3.05) is 26.2 Å². The number of piperidine rings is 1. The Kier molecular flexibility index (Phi) is 8.78. The minimum Gasteiger partial charge on any atom is -0.373 e. The molecule has 3 heterocycles. The fraction of sp³-hybridized carbons (Fsp3) is 0.282. The first-order valence-electron chi connectivity index (χ1n) is 16.5. The molecule has 8 nitrogen and oxygen atoms in total. The lowest BCUT2D eigenvalue weighted by Gasteiger charge is -2.32. The average Bonchev–Trinajstić information content (AvgIpc) is 3.70. The number of benzene rings is 4. The largest absolute Gasteiger partial charge is 0.373 e. The normalized spacial score (nSPS) is 15.7. The van der Waals surface area contributed by atoms with E-state index in [9.17, 15) is 14.7 Å². The van der Waals surface area contributed by atoms with Crippen molar-refractivity contribution < 1.29 is 14.7 Å². The quantitative estimate of drug-likeness (QED) is 0.199. The van der Waals surface area contributed by atoms with E-state index in [2.05, 4.69) is 34.1 Å². The van der Waals surface area contributed by atoms with Crippen molar-refractivity contribution in [1.29, 1.82) is 0 Å². The number of hydrogen-bond acceptors (Lipinski definition) is 6. The van der Waals surface area contributed by atoms with Gasteiger partial charge in [-0.1, -0.05) is 97.1 Å². The van der Waals surface area contributed by atoms with Crippen LogP contribution in [-0.2, 0) is 25.0 Å². The van der Waals surface area contributed by atoms with Gasteiger partial charge >= 0.3 is 0 Å². The molecule has 47 heavy (non-hydrogen) atoms. The molecular formula is C39H39N5O3. The molecule has 1 saturated heterocycles. The fourth-order valence-corrected chi connectivity index (χ4v) is 6.83. The molecule has 238 valence electrons. The maximum atomic E-state index is 12.6. The third-order valence-corrected chi connectivity index (χ3v) is 9.64. The number of nitrogens with zero attached hydrogens (tertiary/aromatic N) is 5. The molecule has 0 radical (unpaired) electrons. The third-order valence-electron chi connectivity index (χ3n) is 9.64. The minimum atomic E-state index is -1.42. The van der Waals surface area contributed by atoms with Gasteiger partial charge in [-0.2, -0.15) is 5.10 Å². The number of amides is 2. The van der Waals surface area contributed by atoms with Crippen molar-refractivity contribution in [1.82, 2.24) is 24.6 Å². The molecule has 2 amide bonds. The van der Waals surface area contributed by atoms with E-state index in [0.29, 0.717) is 35.8 Å². The SMILES string of the molecule is O=C1c2ccccc2C(=O)N1CCc1ccc(CCN2CCC(Cn3cnc(C(O)(c4ccccc4)c4ccccc4)n3)CC2)cc1. The standard InChI is InChI=1S/C39H39N5O3/c45-36-34-13-7-8-14-35(34)37(46)44(36)26-22-30-17-15-29(16-18-30)19-23-42-24-20-31(21-25-42)27-43-28-40-38(41-43)39(47,32-9-3-1-4-10-32)33-11-5-2-6-12-33/h1-18,28,31,47H,19-27H2. The van der Waals surface area contributed by atoms with Gasteiger partial charge in [-0.25, -0.2) is 4.98 Å². The third kappa shape index (κ3) is 6.39. The molecule has 0 bridgehead atoms. The van der Waals surface area contributed by atoms with Gasteiger partial charge in [-0.15, -0.1) is 0 Å². The van der Waals surface area contributed by atoms with Crippen molar-refractivity contribution in [3.8, 4) is 0 Å². The zero-order chi connectivity index (χ0) is 32.2. The van der Waals surface area contributed by atoms with Crippen LogP contribution >= 0.6 is 0 Å². The minimum absolute atomic E-state index is 0.199. The van der Waals surface area contributed by atoms with Gasteiger partial charge in [0.15, 0.2) is 11.4 Å². The average molecular weight is 626 g/mol. The van der Waals surface area contributed by atoms with Crippen LogP contribution in [0.15, 0.2) is 116 Å². The van der Waals surface area contributed by atoms with Gasteiger partial charge < -0.3 is 10.0 Å². The summed E-state index contributed by atoms with van der Waals surface area (Å²) in [6, 6.07) is 34.8. The predicted octanol–water partition coefficient (Wildman–Crippen LogP) is 5.36. The number of fused-ring (bicyclic) bond motifs is 1. The molecule has 7 rings (SSSR count). The zero-order valence-corrected chi connectivity index (χ0v) is 26.4. The van der Waals surface area contributed by atoms with Crippen LogP contribution in [0, 0.1) is 5.92 Å². The lowest BCUT2D eigenvalue weighted by Crippen LogP contribution is -2.36.